The molecule has 0 saturated carbocycles. The Morgan fingerprint density at radius 3 is 1.80 bits per heavy atom. The lowest BCUT2D eigenvalue weighted by atomic mass is 10.0. The molecule has 0 N–H and O–H groups in total. The fraction of sp³-hybridized carbons (Fsp3) is 0.0385. The van der Waals surface area contributed by atoms with E-state index in [1.54, 1.807) is 7.11 Å². The zero-order valence-electron chi connectivity index (χ0n) is 16.6. The van der Waals surface area contributed by atoms with Crippen LogP contribution < -0.4 is 9.25 Å². The summed E-state index contributed by atoms with van der Waals surface area (Å²) < 4.78 is 7.63. The number of rotatable bonds is 4. The largest absolute Gasteiger partial charge is 0.476 e. The molecule has 0 unspecified atom stereocenters. The molecule has 30 heavy (non-hydrogen) atoms. The Labute approximate surface area is 175 Å². The second-order valence-corrected chi connectivity index (χ2v) is 6.97. The third-order valence-corrected chi connectivity index (χ3v) is 5.06. The van der Waals surface area contributed by atoms with Crippen molar-refractivity contribution in [3.05, 3.63) is 103 Å². The molecule has 2 aromatic heterocycles. The van der Waals surface area contributed by atoms with Gasteiger partial charge in [-0.2, -0.15) is 4.98 Å². The Kier molecular flexibility index (Phi) is 4.66. The lowest BCUT2D eigenvalue weighted by Crippen LogP contribution is -2.32. The van der Waals surface area contributed by atoms with Gasteiger partial charge in [-0.1, -0.05) is 78.9 Å². The van der Waals surface area contributed by atoms with E-state index in [0.717, 1.165) is 33.5 Å². The van der Waals surface area contributed by atoms with E-state index in [0.29, 0.717) is 11.7 Å². The second kappa shape index (κ2) is 7.76. The number of hydrogen-bond acceptors (Lipinski definition) is 3. The molecule has 0 aliphatic carbocycles. The van der Waals surface area contributed by atoms with E-state index in [9.17, 15) is 0 Å². The summed E-state index contributed by atoms with van der Waals surface area (Å²) in [6, 6.07) is 34.8. The Bertz CT molecular complexity index is 1300. The maximum Gasteiger partial charge on any atom is 0.301 e. The summed E-state index contributed by atoms with van der Waals surface area (Å²) in [6.07, 6.45) is 0. The summed E-state index contributed by atoms with van der Waals surface area (Å²) >= 11 is 0. The summed E-state index contributed by atoms with van der Waals surface area (Å²) in [5.41, 5.74) is 6.03. The molecule has 144 valence electrons. The Hall–Kier alpha value is -4.05. The van der Waals surface area contributed by atoms with E-state index in [1.165, 1.54) is 0 Å². The van der Waals surface area contributed by atoms with Crippen molar-refractivity contribution in [2.24, 2.45) is 0 Å². The highest BCUT2D eigenvalue weighted by Gasteiger charge is 2.24. The minimum atomic E-state index is 0.541. The van der Waals surface area contributed by atoms with Crippen molar-refractivity contribution in [3.63, 3.8) is 0 Å². The van der Waals surface area contributed by atoms with Gasteiger partial charge in [0.05, 0.1) is 7.11 Å². The van der Waals surface area contributed by atoms with E-state index >= 15 is 0 Å². The Balaban J connectivity index is 1.84. The van der Waals surface area contributed by atoms with Gasteiger partial charge >= 0.3 is 5.52 Å². The van der Waals surface area contributed by atoms with Crippen molar-refractivity contribution < 1.29 is 9.25 Å². The van der Waals surface area contributed by atoms with Crippen molar-refractivity contribution in [2.75, 3.05) is 7.11 Å². The van der Waals surface area contributed by atoms with E-state index in [2.05, 4.69) is 36.4 Å². The molecule has 0 spiro atoms. The maximum absolute atomic E-state index is 5.70. The molecule has 0 bridgehead atoms. The normalized spacial score (nSPS) is 10.8. The smallest absolute Gasteiger partial charge is 0.301 e. The lowest BCUT2D eigenvalue weighted by molar-refractivity contribution is -0.569. The highest BCUT2D eigenvalue weighted by molar-refractivity contribution is 5.74. The minimum absolute atomic E-state index is 0.541. The van der Waals surface area contributed by atoms with E-state index < -0.39 is 0 Å². The maximum atomic E-state index is 5.70. The topological polar surface area (TPSA) is 39.1 Å². The van der Waals surface area contributed by atoms with Gasteiger partial charge in [0.1, 0.15) is 0 Å². The van der Waals surface area contributed by atoms with Gasteiger partial charge in [0.25, 0.3) is 5.88 Å². The number of ether oxygens (including phenoxy) is 1. The fourth-order valence-electron chi connectivity index (χ4n) is 3.59. The molecule has 0 amide bonds. The number of fused-ring (bicyclic) bond motifs is 1. The minimum Gasteiger partial charge on any atom is -0.476 e. The zero-order chi connectivity index (χ0) is 20.3. The number of hydrogen-bond donors (Lipinski definition) is 0. The van der Waals surface area contributed by atoms with Gasteiger partial charge in [-0.05, 0) is 27.8 Å². The fourth-order valence-corrected chi connectivity index (χ4v) is 3.59. The van der Waals surface area contributed by atoms with E-state index in [-0.39, 0.29) is 0 Å². The molecule has 0 atom stereocenters. The van der Waals surface area contributed by atoms with Crippen LogP contribution in [0.15, 0.2) is 103 Å². The molecule has 0 aliphatic heterocycles. The van der Waals surface area contributed by atoms with Gasteiger partial charge in [-0.15, -0.1) is 0 Å². The molecular weight excluding hydrogens is 370 g/mol. The predicted octanol–water partition coefficient (Wildman–Crippen LogP) is 5.22. The van der Waals surface area contributed by atoms with Crippen LogP contribution in [0.3, 0.4) is 0 Å². The highest BCUT2D eigenvalue weighted by atomic mass is 16.5. The van der Waals surface area contributed by atoms with Crippen molar-refractivity contribution in [1.82, 2.24) is 10.1 Å². The second-order valence-electron chi connectivity index (χ2n) is 6.97. The number of aromatic nitrogens is 3. The summed E-state index contributed by atoms with van der Waals surface area (Å²) in [5.74, 6) is 1.16. The van der Waals surface area contributed by atoms with Crippen LogP contribution >= 0.6 is 0 Å². The predicted molar refractivity (Wildman–Crippen MR) is 118 cm³/mol. The van der Waals surface area contributed by atoms with Gasteiger partial charge in [0, 0.05) is 28.4 Å². The zero-order valence-corrected chi connectivity index (χ0v) is 16.6. The van der Waals surface area contributed by atoms with Crippen LogP contribution in [-0.4, -0.2) is 17.2 Å². The van der Waals surface area contributed by atoms with E-state index in [4.69, 9.17) is 14.8 Å². The van der Waals surface area contributed by atoms with Crippen molar-refractivity contribution in [3.8, 4) is 39.7 Å². The molecule has 4 heteroatoms. The lowest BCUT2D eigenvalue weighted by Gasteiger charge is -2.08. The molecule has 0 radical (unpaired) electrons. The number of methoxy groups -OCH3 is 1. The molecule has 0 fully saturated rings. The quantitative estimate of drug-likeness (QED) is 0.395. The first kappa shape index (κ1) is 18.0. The third-order valence-electron chi connectivity index (χ3n) is 5.06. The highest BCUT2D eigenvalue weighted by Crippen LogP contribution is 2.28. The first-order valence-corrected chi connectivity index (χ1v) is 9.82. The van der Waals surface area contributed by atoms with Crippen LogP contribution in [-0.2, 0) is 0 Å². The van der Waals surface area contributed by atoms with Gasteiger partial charge in [0.15, 0.2) is 0 Å². The van der Waals surface area contributed by atoms with Crippen LogP contribution in [0.1, 0.15) is 0 Å². The van der Waals surface area contributed by atoms with Crippen LogP contribution in [0.5, 0.6) is 5.88 Å². The summed E-state index contributed by atoms with van der Waals surface area (Å²) in [6.45, 7) is 0. The van der Waals surface area contributed by atoms with Crippen molar-refractivity contribution >= 4 is 5.52 Å². The number of pyridine rings is 1. The third kappa shape index (κ3) is 3.29. The molecule has 3 aromatic carbocycles. The van der Waals surface area contributed by atoms with Gasteiger partial charge < -0.3 is 4.74 Å². The van der Waals surface area contributed by atoms with Crippen LogP contribution in [0.25, 0.3) is 39.3 Å². The van der Waals surface area contributed by atoms with Crippen LogP contribution in [0.4, 0.5) is 0 Å². The first-order chi connectivity index (χ1) is 14.8. The van der Waals surface area contributed by atoms with Crippen molar-refractivity contribution in [2.45, 2.75) is 0 Å². The molecule has 5 aromatic rings. The monoisotopic (exact) mass is 390 g/mol. The molecule has 5 rings (SSSR count). The van der Waals surface area contributed by atoms with Gasteiger partial charge in [-0.3, -0.25) is 0 Å². The number of nitrogens with zero attached hydrogens (tertiary/aromatic N) is 3. The van der Waals surface area contributed by atoms with Crippen LogP contribution in [0.2, 0.25) is 0 Å². The SMILES string of the molecule is COc1nc(-c2ccccc2)n[n+]2c(-c3ccccc3)cc(-c3ccccc3)cc12. The Morgan fingerprint density at radius 2 is 1.20 bits per heavy atom. The summed E-state index contributed by atoms with van der Waals surface area (Å²) in [7, 11) is 1.65. The van der Waals surface area contributed by atoms with Crippen molar-refractivity contribution in [1.29, 1.82) is 0 Å². The van der Waals surface area contributed by atoms with E-state index in [1.807, 2.05) is 71.2 Å². The van der Waals surface area contributed by atoms with Gasteiger partial charge in [-0.25, -0.2) is 0 Å². The van der Waals surface area contributed by atoms with Gasteiger partial charge in [0.2, 0.25) is 11.5 Å². The average molecular weight is 390 g/mol. The molecule has 4 nitrogen and oxygen atoms in total. The standard InChI is InChI=1S/C26H20N3O/c1-30-26-24-18-22(19-11-5-2-6-12-19)17-23(20-13-7-3-8-14-20)29(24)28-25(27-26)21-15-9-4-10-16-21/h2-18H,1H3/q+1. The summed E-state index contributed by atoms with van der Waals surface area (Å²) in [5, 5.41) is 4.89. The molecule has 0 aliphatic rings. The Morgan fingerprint density at radius 1 is 0.633 bits per heavy atom. The number of benzene rings is 3. The first-order valence-electron chi connectivity index (χ1n) is 9.82. The molecular formula is C26H20N3O+. The molecule has 2 heterocycles. The van der Waals surface area contributed by atoms with Crippen LogP contribution in [0, 0.1) is 0 Å². The summed E-state index contributed by atoms with van der Waals surface area (Å²) in [4.78, 5) is 4.71. The molecule has 0 saturated heterocycles. The average Bonchev–Trinajstić information content (AvgIpc) is 2.84.